The van der Waals surface area contributed by atoms with E-state index in [2.05, 4.69) is 12.1 Å². The Morgan fingerprint density at radius 2 is 1.79 bits per heavy atom. The summed E-state index contributed by atoms with van der Waals surface area (Å²) in [6, 6.07) is 6.27. The van der Waals surface area contributed by atoms with Crippen LogP contribution in [0.1, 0.15) is 74.8 Å². The fraction of sp³-hybridized carbons (Fsp3) is 0.727. The standard InChI is InChI=1S/C22H32O2/c1-15-10-17(8-9-22(15)23)21-13-18-12-19(21)11-16(18)6-4-2-3-5-7-20-14-24-20/h8-10,16,18-21,23H,2-7,11-14H2,1H3. The monoisotopic (exact) mass is 328 g/mol. The number of benzene rings is 1. The van der Waals surface area contributed by atoms with E-state index in [9.17, 15) is 5.11 Å². The number of hydrogen-bond donors (Lipinski definition) is 1. The van der Waals surface area contributed by atoms with Crippen LogP contribution in [0.3, 0.4) is 0 Å². The van der Waals surface area contributed by atoms with Crippen molar-refractivity contribution >= 4 is 0 Å². The van der Waals surface area contributed by atoms with Crippen LogP contribution in [0.5, 0.6) is 5.75 Å². The van der Waals surface area contributed by atoms with Gasteiger partial charge in [0.2, 0.25) is 0 Å². The lowest BCUT2D eigenvalue weighted by Crippen LogP contribution is -2.16. The summed E-state index contributed by atoms with van der Waals surface area (Å²) in [6.45, 7) is 3.04. The molecule has 1 heterocycles. The van der Waals surface area contributed by atoms with Crippen molar-refractivity contribution in [3.63, 3.8) is 0 Å². The zero-order chi connectivity index (χ0) is 16.5. The van der Waals surface area contributed by atoms with Crippen molar-refractivity contribution in [1.82, 2.24) is 0 Å². The van der Waals surface area contributed by atoms with Crippen molar-refractivity contribution in [3.8, 4) is 5.75 Å². The van der Waals surface area contributed by atoms with E-state index in [0.29, 0.717) is 11.9 Å². The van der Waals surface area contributed by atoms with Crippen molar-refractivity contribution in [2.75, 3.05) is 6.61 Å². The van der Waals surface area contributed by atoms with Gasteiger partial charge in [-0.15, -0.1) is 0 Å². The molecule has 5 atom stereocenters. The molecule has 2 bridgehead atoms. The topological polar surface area (TPSA) is 32.8 Å². The van der Waals surface area contributed by atoms with E-state index in [-0.39, 0.29) is 0 Å². The Morgan fingerprint density at radius 1 is 1.00 bits per heavy atom. The van der Waals surface area contributed by atoms with E-state index in [1.165, 1.54) is 63.4 Å². The van der Waals surface area contributed by atoms with Gasteiger partial charge in [0.05, 0.1) is 12.7 Å². The van der Waals surface area contributed by atoms with Crippen LogP contribution in [0.2, 0.25) is 0 Å². The lowest BCUT2D eigenvalue weighted by Gasteiger charge is -2.28. The second kappa shape index (κ2) is 7.07. The van der Waals surface area contributed by atoms with E-state index >= 15 is 0 Å². The van der Waals surface area contributed by atoms with E-state index in [1.807, 2.05) is 13.0 Å². The number of aromatic hydroxyl groups is 1. The van der Waals surface area contributed by atoms with Gasteiger partial charge in [0.25, 0.3) is 0 Å². The van der Waals surface area contributed by atoms with E-state index in [1.54, 1.807) is 0 Å². The molecule has 0 amide bonds. The summed E-state index contributed by atoms with van der Waals surface area (Å²) < 4.78 is 5.28. The zero-order valence-electron chi connectivity index (χ0n) is 15.0. The molecule has 24 heavy (non-hydrogen) atoms. The molecule has 0 aromatic heterocycles. The summed E-state index contributed by atoms with van der Waals surface area (Å²) in [5.41, 5.74) is 2.50. The van der Waals surface area contributed by atoms with Gasteiger partial charge in [0, 0.05) is 0 Å². The maximum absolute atomic E-state index is 9.75. The molecule has 1 aromatic rings. The Labute approximate surface area is 146 Å². The molecule has 2 saturated carbocycles. The van der Waals surface area contributed by atoms with E-state index < -0.39 is 0 Å². The van der Waals surface area contributed by atoms with Gasteiger partial charge in [-0.05, 0) is 73.5 Å². The molecule has 1 aliphatic heterocycles. The average Bonchev–Trinajstić information content (AvgIpc) is 3.19. The first-order valence-electron chi connectivity index (χ1n) is 10.1. The predicted molar refractivity (Wildman–Crippen MR) is 97.3 cm³/mol. The Hall–Kier alpha value is -1.02. The second-order valence-corrected chi connectivity index (χ2v) is 8.59. The van der Waals surface area contributed by atoms with Crippen LogP contribution in [-0.4, -0.2) is 17.8 Å². The highest BCUT2D eigenvalue weighted by molar-refractivity contribution is 5.37. The van der Waals surface area contributed by atoms with Crippen LogP contribution >= 0.6 is 0 Å². The summed E-state index contributed by atoms with van der Waals surface area (Å²) in [5, 5.41) is 9.75. The lowest BCUT2D eigenvalue weighted by atomic mass is 9.77. The number of epoxide rings is 1. The molecule has 2 aliphatic carbocycles. The molecule has 1 aromatic carbocycles. The highest BCUT2D eigenvalue weighted by atomic mass is 16.6. The Kier molecular flexibility index (Phi) is 4.85. The summed E-state index contributed by atoms with van der Waals surface area (Å²) in [6.07, 6.45) is 13.3. The minimum absolute atomic E-state index is 0.438. The molecule has 0 spiro atoms. The van der Waals surface area contributed by atoms with Crippen LogP contribution in [0.25, 0.3) is 0 Å². The van der Waals surface area contributed by atoms with Gasteiger partial charge in [-0.25, -0.2) is 0 Å². The number of fused-ring (bicyclic) bond motifs is 2. The van der Waals surface area contributed by atoms with Gasteiger partial charge in [0.1, 0.15) is 5.75 Å². The quantitative estimate of drug-likeness (QED) is 0.500. The molecule has 3 fully saturated rings. The molecular formula is C22H32O2. The number of hydrogen-bond acceptors (Lipinski definition) is 2. The van der Waals surface area contributed by atoms with Crippen molar-refractivity contribution < 1.29 is 9.84 Å². The first-order chi connectivity index (χ1) is 11.7. The Bertz CT molecular complexity index is 563. The summed E-state index contributed by atoms with van der Waals surface area (Å²) >= 11 is 0. The van der Waals surface area contributed by atoms with Gasteiger partial charge in [-0.1, -0.05) is 44.2 Å². The highest BCUT2D eigenvalue weighted by Crippen LogP contribution is 2.57. The third kappa shape index (κ3) is 3.64. The molecule has 1 N–H and O–H groups in total. The molecule has 4 rings (SSSR count). The molecular weight excluding hydrogens is 296 g/mol. The third-order valence-electron chi connectivity index (χ3n) is 6.91. The SMILES string of the molecule is Cc1cc(C2CC3CC2CC3CCCCCCC2CO2)ccc1O. The maximum atomic E-state index is 9.75. The molecule has 1 saturated heterocycles. The van der Waals surface area contributed by atoms with Crippen LogP contribution in [0.4, 0.5) is 0 Å². The number of rotatable bonds is 8. The minimum atomic E-state index is 0.438. The highest BCUT2D eigenvalue weighted by Gasteiger charge is 2.45. The van der Waals surface area contributed by atoms with Crippen LogP contribution in [-0.2, 0) is 4.74 Å². The predicted octanol–water partition coefficient (Wildman–Crippen LogP) is 5.57. The number of aryl methyl sites for hydroxylation is 1. The van der Waals surface area contributed by atoms with Gasteiger partial charge in [-0.3, -0.25) is 0 Å². The third-order valence-corrected chi connectivity index (χ3v) is 6.91. The average molecular weight is 328 g/mol. The molecule has 3 aliphatic rings. The smallest absolute Gasteiger partial charge is 0.118 e. The van der Waals surface area contributed by atoms with Crippen molar-refractivity contribution in [3.05, 3.63) is 29.3 Å². The van der Waals surface area contributed by atoms with E-state index in [0.717, 1.165) is 35.8 Å². The van der Waals surface area contributed by atoms with Crippen LogP contribution in [0, 0.1) is 24.7 Å². The largest absolute Gasteiger partial charge is 0.508 e. The fourth-order valence-corrected chi connectivity index (χ4v) is 5.43. The van der Waals surface area contributed by atoms with Gasteiger partial charge in [0.15, 0.2) is 0 Å². The minimum Gasteiger partial charge on any atom is -0.508 e. The van der Waals surface area contributed by atoms with Gasteiger partial charge >= 0.3 is 0 Å². The Morgan fingerprint density at radius 3 is 2.46 bits per heavy atom. The van der Waals surface area contributed by atoms with Crippen molar-refractivity contribution in [1.29, 1.82) is 0 Å². The number of phenols is 1. The second-order valence-electron chi connectivity index (χ2n) is 8.59. The summed E-state index contributed by atoms with van der Waals surface area (Å²) in [5.74, 6) is 4.05. The maximum Gasteiger partial charge on any atom is 0.118 e. The van der Waals surface area contributed by atoms with Crippen LogP contribution < -0.4 is 0 Å². The fourth-order valence-electron chi connectivity index (χ4n) is 5.43. The molecule has 0 radical (unpaired) electrons. The van der Waals surface area contributed by atoms with Crippen LogP contribution in [0.15, 0.2) is 18.2 Å². The first kappa shape index (κ1) is 16.4. The van der Waals surface area contributed by atoms with Gasteiger partial charge < -0.3 is 9.84 Å². The summed E-state index contributed by atoms with van der Waals surface area (Å²) in [7, 11) is 0. The lowest BCUT2D eigenvalue weighted by molar-refractivity contribution is 0.281. The molecule has 132 valence electrons. The number of unbranched alkanes of at least 4 members (excludes halogenated alkanes) is 3. The molecule has 5 unspecified atom stereocenters. The van der Waals surface area contributed by atoms with Crippen molar-refractivity contribution in [2.24, 2.45) is 17.8 Å². The van der Waals surface area contributed by atoms with Gasteiger partial charge in [-0.2, -0.15) is 0 Å². The van der Waals surface area contributed by atoms with Crippen molar-refractivity contribution in [2.45, 2.75) is 76.7 Å². The zero-order valence-corrected chi connectivity index (χ0v) is 15.0. The normalized spacial score (nSPS) is 34.0. The first-order valence-corrected chi connectivity index (χ1v) is 10.1. The molecule has 2 nitrogen and oxygen atoms in total. The van der Waals surface area contributed by atoms with E-state index in [4.69, 9.17) is 4.74 Å². The number of ether oxygens (including phenoxy) is 1. The number of phenolic OH excluding ortho intramolecular Hbond substituents is 1. The Balaban J connectivity index is 1.20. The summed E-state index contributed by atoms with van der Waals surface area (Å²) in [4.78, 5) is 0. The molecule has 2 heteroatoms.